The molecule has 1 fully saturated rings. The van der Waals surface area contributed by atoms with Gasteiger partial charge in [0.05, 0.1) is 24.5 Å². The van der Waals surface area contributed by atoms with Crippen LogP contribution in [0.15, 0.2) is 24.8 Å². The lowest BCUT2D eigenvalue weighted by atomic mass is 10.00. The molecule has 0 spiro atoms. The lowest BCUT2D eigenvalue weighted by Gasteiger charge is -2.38. The van der Waals surface area contributed by atoms with E-state index in [-0.39, 0.29) is 5.91 Å². The Morgan fingerprint density at radius 1 is 1.10 bits per heavy atom. The van der Waals surface area contributed by atoms with Crippen LogP contribution in [-0.2, 0) is 17.8 Å². The van der Waals surface area contributed by atoms with Crippen LogP contribution < -0.4 is 20.3 Å². The summed E-state index contributed by atoms with van der Waals surface area (Å²) in [6.45, 7) is 22.7. The van der Waals surface area contributed by atoms with Crippen molar-refractivity contribution < 1.29 is 9.53 Å². The molecule has 0 aliphatic carbocycles. The summed E-state index contributed by atoms with van der Waals surface area (Å²) in [6.07, 6.45) is 6.79. The van der Waals surface area contributed by atoms with Crippen LogP contribution in [0, 0.1) is 18.3 Å². The normalized spacial score (nSPS) is 14.9. The molecule has 3 N–H and O–H groups in total. The number of nitrogens with two attached hydrogens (primary N) is 1. The highest BCUT2D eigenvalue weighted by molar-refractivity contribution is 5.94. The van der Waals surface area contributed by atoms with Crippen molar-refractivity contribution in [3.05, 3.63) is 47.2 Å². The van der Waals surface area contributed by atoms with Crippen LogP contribution in [0.2, 0.25) is 0 Å². The fraction of sp³-hybridized carbons (Fsp3) is 0.576. The number of hydrogen-bond acceptors (Lipinski definition) is 8. The molecule has 9 nitrogen and oxygen atoms in total. The van der Waals surface area contributed by atoms with E-state index < -0.39 is 0 Å². The number of ether oxygens (including phenoxy) is 1. The van der Waals surface area contributed by atoms with Gasteiger partial charge in [-0.15, -0.1) is 0 Å². The molecule has 1 saturated heterocycles. The Balaban J connectivity index is 0.00000148. The summed E-state index contributed by atoms with van der Waals surface area (Å²) in [4.78, 5) is 28.3. The van der Waals surface area contributed by atoms with Gasteiger partial charge in [-0.1, -0.05) is 67.0 Å². The number of amides is 1. The molecular weight excluding hydrogens is 526 g/mol. The average molecular weight is 580 g/mol. The summed E-state index contributed by atoms with van der Waals surface area (Å²) in [5, 5.41) is 7.98. The first-order valence-electron chi connectivity index (χ1n) is 15.7. The number of anilines is 3. The van der Waals surface area contributed by atoms with Crippen LogP contribution in [0.5, 0.6) is 6.01 Å². The second-order valence-electron chi connectivity index (χ2n) is 10.2. The Labute approximate surface area is 253 Å². The average Bonchev–Trinajstić information content (AvgIpc) is 3.04. The van der Waals surface area contributed by atoms with Crippen molar-refractivity contribution in [3.63, 3.8) is 0 Å². The number of fused-ring (bicyclic) bond motifs is 1. The van der Waals surface area contributed by atoms with Crippen molar-refractivity contribution in [1.29, 1.82) is 5.41 Å². The maximum atomic E-state index is 12.1. The molecule has 0 radical (unpaired) electrons. The predicted molar refractivity (Wildman–Crippen MR) is 176 cm³/mol. The van der Waals surface area contributed by atoms with Crippen LogP contribution >= 0.6 is 0 Å². The number of carbonyl (C=O) groups is 1. The van der Waals surface area contributed by atoms with Crippen LogP contribution in [0.4, 0.5) is 17.2 Å². The van der Waals surface area contributed by atoms with Gasteiger partial charge >= 0.3 is 6.01 Å². The van der Waals surface area contributed by atoms with Crippen molar-refractivity contribution in [1.82, 2.24) is 14.9 Å². The van der Waals surface area contributed by atoms with E-state index in [0.29, 0.717) is 56.9 Å². The summed E-state index contributed by atoms with van der Waals surface area (Å²) >= 11 is 0. The number of aromatic nitrogens is 2. The van der Waals surface area contributed by atoms with E-state index in [4.69, 9.17) is 25.8 Å². The third-order valence-corrected chi connectivity index (χ3v) is 7.72. The van der Waals surface area contributed by atoms with E-state index in [1.54, 1.807) is 0 Å². The minimum Gasteiger partial charge on any atom is -0.463 e. The second-order valence-corrected chi connectivity index (χ2v) is 10.2. The van der Waals surface area contributed by atoms with E-state index in [0.717, 1.165) is 66.1 Å². The van der Waals surface area contributed by atoms with Gasteiger partial charge in [-0.05, 0) is 43.4 Å². The largest absolute Gasteiger partial charge is 0.463 e. The zero-order valence-corrected chi connectivity index (χ0v) is 27.0. The molecule has 4 rings (SSSR count). The predicted octanol–water partition coefficient (Wildman–Crippen LogP) is 6.02. The van der Waals surface area contributed by atoms with Crippen molar-refractivity contribution in [3.8, 4) is 6.01 Å². The molecule has 9 heteroatoms. The molecule has 2 aliphatic heterocycles. The molecule has 0 bridgehead atoms. The van der Waals surface area contributed by atoms with Gasteiger partial charge in [-0.25, -0.2) is 0 Å². The Morgan fingerprint density at radius 3 is 2.38 bits per heavy atom. The van der Waals surface area contributed by atoms with Crippen molar-refractivity contribution >= 4 is 29.3 Å². The highest BCUT2D eigenvalue weighted by Gasteiger charge is 2.29. The fourth-order valence-corrected chi connectivity index (χ4v) is 5.48. The summed E-state index contributed by atoms with van der Waals surface area (Å²) in [6, 6.07) is 4.28. The topological polar surface area (TPSA) is 112 Å². The van der Waals surface area contributed by atoms with E-state index in [1.165, 1.54) is 12.3 Å². The van der Waals surface area contributed by atoms with E-state index in [1.807, 2.05) is 44.7 Å². The Kier molecular flexibility index (Phi) is 14.3. The number of aryl methyl sites for hydroxylation is 1. The fourth-order valence-electron chi connectivity index (χ4n) is 5.48. The molecule has 1 aromatic heterocycles. The Bertz CT molecular complexity index is 1180. The van der Waals surface area contributed by atoms with Gasteiger partial charge in [0.15, 0.2) is 0 Å². The lowest BCUT2D eigenvalue weighted by molar-refractivity contribution is -0.126. The van der Waals surface area contributed by atoms with Crippen LogP contribution in [0.25, 0.3) is 0 Å². The molecule has 232 valence electrons. The minimum atomic E-state index is -0.0323. The first-order chi connectivity index (χ1) is 20.4. The van der Waals surface area contributed by atoms with Crippen LogP contribution in [0.1, 0.15) is 83.2 Å². The van der Waals surface area contributed by atoms with Gasteiger partial charge in [-0.2, -0.15) is 9.97 Å². The Morgan fingerprint density at radius 2 is 1.79 bits per heavy atom. The summed E-state index contributed by atoms with van der Waals surface area (Å²) in [7, 11) is 0. The number of piperazine rings is 1. The number of hydrogen-bond donors (Lipinski definition) is 2. The Hall–Kier alpha value is -3.62. The molecular formula is C33H53N7O2. The molecule has 1 unspecified atom stereocenters. The van der Waals surface area contributed by atoms with E-state index in [9.17, 15) is 4.79 Å². The standard InChI is InChI=1S/C29H41N7O2.2C2H6/c1-5-8-21(6-2)19-38-29-32-25-18-36(27-20(4)9-10-24(31)23(27)17-30)12-11-22(25)28(33-29)35-15-13-34(14-16-35)26(37)7-3;2*1-2/h7,9-10,17,21,30H,3,5-6,8,11-16,18-19,31H2,1-2,4H3;2*1-2H3. The molecule has 2 aromatic rings. The van der Waals surface area contributed by atoms with Gasteiger partial charge in [-0.3, -0.25) is 4.79 Å². The van der Waals surface area contributed by atoms with Gasteiger partial charge in [0.1, 0.15) is 5.82 Å². The first-order valence-corrected chi connectivity index (χ1v) is 15.7. The maximum absolute atomic E-state index is 12.1. The van der Waals surface area contributed by atoms with Gasteiger partial charge < -0.3 is 30.6 Å². The van der Waals surface area contributed by atoms with Gasteiger partial charge in [0, 0.05) is 55.8 Å². The molecule has 1 aromatic carbocycles. The molecule has 2 aliphatic rings. The van der Waals surface area contributed by atoms with Crippen molar-refractivity contribution in [2.45, 2.75) is 80.7 Å². The minimum absolute atomic E-state index is 0.0323. The molecule has 3 heterocycles. The SMILES string of the molecule is C=CC(=O)N1CCN(c2nc(OCC(CC)CCC)nc3c2CCN(c2c(C)ccc(N)c2C=N)C3)CC1.CC.CC. The highest BCUT2D eigenvalue weighted by Crippen LogP contribution is 2.35. The third kappa shape index (κ3) is 8.23. The number of nitrogen functional groups attached to an aromatic ring is 1. The zero-order chi connectivity index (χ0) is 31.2. The van der Waals surface area contributed by atoms with Gasteiger partial charge in [0.2, 0.25) is 5.91 Å². The highest BCUT2D eigenvalue weighted by atomic mass is 16.5. The smallest absolute Gasteiger partial charge is 0.318 e. The molecule has 1 atom stereocenters. The number of rotatable bonds is 10. The van der Waals surface area contributed by atoms with Crippen molar-refractivity contribution in [2.75, 3.05) is 54.9 Å². The number of benzene rings is 1. The number of carbonyl (C=O) groups excluding carboxylic acids is 1. The lowest BCUT2D eigenvalue weighted by Crippen LogP contribution is -2.49. The summed E-state index contributed by atoms with van der Waals surface area (Å²) in [5.74, 6) is 1.35. The van der Waals surface area contributed by atoms with Crippen LogP contribution in [-0.4, -0.2) is 66.3 Å². The van der Waals surface area contributed by atoms with E-state index in [2.05, 4.69) is 37.1 Å². The number of nitrogens with one attached hydrogen (secondary N) is 1. The van der Waals surface area contributed by atoms with E-state index >= 15 is 0 Å². The molecule has 1 amide bonds. The van der Waals surface area contributed by atoms with Crippen LogP contribution in [0.3, 0.4) is 0 Å². The number of nitrogens with zero attached hydrogens (tertiary/aromatic N) is 5. The first kappa shape index (κ1) is 34.6. The quantitative estimate of drug-likeness (QED) is 0.201. The zero-order valence-electron chi connectivity index (χ0n) is 27.0. The maximum Gasteiger partial charge on any atom is 0.318 e. The molecule has 42 heavy (non-hydrogen) atoms. The summed E-state index contributed by atoms with van der Waals surface area (Å²) < 4.78 is 6.21. The third-order valence-electron chi connectivity index (χ3n) is 7.72. The van der Waals surface area contributed by atoms with Crippen molar-refractivity contribution in [2.24, 2.45) is 5.92 Å². The summed E-state index contributed by atoms with van der Waals surface area (Å²) in [5.41, 5.74) is 11.7. The monoisotopic (exact) mass is 579 g/mol. The van der Waals surface area contributed by atoms with Gasteiger partial charge in [0.25, 0.3) is 0 Å². The second kappa shape index (κ2) is 17.4. The molecule has 0 saturated carbocycles.